The van der Waals surface area contributed by atoms with Gasteiger partial charge in [0, 0.05) is 22.8 Å². The summed E-state index contributed by atoms with van der Waals surface area (Å²) in [6.45, 7) is 3.61. The SMILES string of the molecule is CCOc1cc(/C=N\NC(=O)c2nnn(-c3nonc3N)c2CN2CCc3ccccc32)cc(Br)c1OCc1ccccc1Cl. The number of hydrogen-bond donors (Lipinski definition) is 2. The van der Waals surface area contributed by atoms with Crippen LogP contribution in [0.5, 0.6) is 11.5 Å². The van der Waals surface area contributed by atoms with Gasteiger partial charge in [0.05, 0.1) is 29.5 Å². The quantitative estimate of drug-likeness (QED) is 0.143. The lowest BCUT2D eigenvalue weighted by Gasteiger charge is -2.19. The van der Waals surface area contributed by atoms with Crippen LogP contribution in [-0.4, -0.2) is 50.6 Å². The number of hydrogen-bond acceptors (Lipinski definition) is 11. The molecule has 1 aliphatic rings. The first kappa shape index (κ1) is 30.1. The number of nitrogens with two attached hydrogens (primary N) is 1. The molecule has 0 radical (unpaired) electrons. The van der Waals surface area contributed by atoms with Gasteiger partial charge < -0.3 is 20.1 Å². The fourth-order valence-corrected chi connectivity index (χ4v) is 5.69. The van der Waals surface area contributed by atoms with E-state index in [1.165, 1.54) is 16.5 Å². The van der Waals surface area contributed by atoms with Crippen LogP contribution in [-0.2, 0) is 19.6 Å². The fraction of sp³-hybridized carbons (Fsp3) is 0.200. The van der Waals surface area contributed by atoms with Crippen LogP contribution < -0.4 is 25.5 Å². The molecule has 3 heterocycles. The summed E-state index contributed by atoms with van der Waals surface area (Å²) in [5.74, 6) is 0.602. The van der Waals surface area contributed by atoms with E-state index in [0.717, 1.165) is 24.2 Å². The van der Waals surface area contributed by atoms with Gasteiger partial charge in [0.2, 0.25) is 11.6 Å². The van der Waals surface area contributed by atoms with Gasteiger partial charge in [0.25, 0.3) is 5.91 Å². The normalized spacial score (nSPS) is 12.5. The van der Waals surface area contributed by atoms with E-state index in [2.05, 4.69) is 58.0 Å². The zero-order valence-electron chi connectivity index (χ0n) is 24.0. The van der Waals surface area contributed by atoms with Crippen molar-refractivity contribution < 1.29 is 18.9 Å². The number of ether oxygens (including phenoxy) is 2. The second kappa shape index (κ2) is 13.4. The molecule has 3 N–H and O–H groups in total. The number of fused-ring (bicyclic) bond motifs is 1. The smallest absolute Gasteiger partial charge is 0.293 e. The Hall–Kier alpha value is -4.95. The number of amides is 1. The number of carbonyl (C=O) groups is 1. The van der Waals surface area contributed by atoms with Crippen LogP contribution >= 0.6 is 27.5 Å². The van der Waals surface area contributed by atoms with Crippen molar-refractivity contribution in [1.82, 2.24) is 30.7 Å². The second-order valence-corrected chi connectivity index (χ2v) is 11.2. The number of benzene rings is 3. The molecule has 0 saturated carbocycles. The third-order valence-corrected chi connectivity index (χ3v) is 8.00. The Labute approximate surface area is 271 Å². The van der Waals surface area contributed by atoms with Gasteiger partial charge in [-0.1, -0.05) is 53.2 Å². The minimum Gasteiger partial charge on any atom is -0.490 e. The molecule has 13 nitrogen and oxygen atoms in total. The fourth-order valence-electron chi connectivity index (χ4n) is 4.93. The summed E-state index contributed by atoms with van der Waals surface area (Å²) in [4.78, 5) is 15.5. The van der Waals surface area contributed by atoms with Crippen LogP contribution in [0.25, 0.3) is 5.82 Å². The summed E-state index contributed by atoms with van der Waals surface area (Å²) in [5, 5.41) is 20.6. The summed E-state index contributed by atoms with van der Waals surface area (Å²) >= 11 is 9.85. The number of rotatable bonds is 11. The molecular weight excluding hydrogens is 666 g/mol. The zero-order chi connectivity index (χ0) is 31.3. The molecule has 230 valence electrons. The van der Waals surface area contributed by atoms with Gasteiger partial charge in [0.1, 0.15) is 6.61 Å². The molecule has 3 aromatic carbocycles. The highest BCUT2D eigenvalue weighted by molar-refractivity contribution is 9.10. The third-order valence-electron chi connectivity index (χ3n) is 7.04. The van der Waals surface area contributed by atoms with Gasteiger partial charge in [-0.3, -0.25) is 4.79 Å². The van der Waals surface area contributed by atoms with Crippen molar-refractivity contribution in [3.63, 3.8) is 0 Å². The minimum atomic E-state index is -0.571. The van der Waals surface area contributed by atoms with Gasteiger partial charge in [-0.2, -0.15) is 9.78 Å². The average Bonchev–Trinajstić information content (AvgIpc) is 3.76. The average molecular weight is 693 g/mol. The molecule has 0 bridgehead atoms. The summed E-state index contributed by atoms with van der Waals surface area (Å²) < 4.78 is 18.7. The highest BCUT2D eigenvalue weighted by Gasteiger charge is 2.28. The van der Waals surface area contributed by atoms with Crippen molar-refractivity contribution in [3.8, 4) is 17.3 Å². The van der Waals surface area contributed by atoms with Crippen molar-refractivity contribution >= 4 is 51.2 Å². The first-order valence-corrected chi connectivity index (χ1v) is 15.1. The van der Waals surface area contributed by atoms with Crippen LogP contribution in [0, 0.1) is 0 Å². The van der Waals surface area contributed by atoms with Crippen molar-refractivity contribution in [1.29, 1.82) is 0 Å². The Morgan fingerprint density at radius 1 is 1.18 bits per heavy atom. The second-order valence-electron chi connectivity index (χ2n) is 9.91. The van der Waals surface area contributed by atoms with Crippen molar-refractivity contribution in [3.05, 3.63) is 98.2 Å². The first-order valence-electron chi connectivity index (χ1n) is 13.9. The monoisotopic (exact) mass is 691 g/mol. The van der Waals surface area contributed by atoms with Crippen LogP contribution in [0.4, 0.5) is 11.5 Å². The largest absolute Gasteiger partial charge is 0.490 e. The summed E-state index contributed by atoms with van der Waals surface area (Å²) in [5.41, 5.74) is 12.8. The lowest BCUT2D eigenvalue weighted by molar-refractivity contribution is 0.0949. The summed E-state index contributed by atoms with van der Waals surface area (Å²) in [6, 6.07) is 19.1. The molecule has 0 saturated heterocycles. The number of hydrazone groups is 1. The molecule has 15 heteroatoms. The van der Waals surface area contributed by atoms with E-state index in [1.807, 2.05) is 49.4 Å². The number of para-hydroxylation sites is 1. The molecule has 2 aromatic heterocycles. The number of nitrogens with one attached hydrogen (secondary N) is 1. The zero-order valence-corrected chi connectivity index (χ0v) is 26.3. The molecule has 0 atom stereocenters. The molecule has 5 aromatic rings. The molecule has 1 aliphatic heterocycles. The van der Waals surface area contributed by atoms with E-state index >= 15 is 0 Å². The van der Waals surface area contributed by atoms with Gasteiger partial charge >= 0.3 is 0 Å². The maximum absolute atomic E-state index is 13.4. The lowest BCUT2D eigenvalue weighted by atomic mass is 10.2. The van der Waals surface area contributed by atoms with Gasteiger partial charge in [-0.25, -0.2) is 10.1 Å². The van der Waals surface area contributed by atoms with Crippen LogP contribution in [0.3, 0.4) is 0 Å². The molecule has 0 spiro atoms. The molecule has 45 heavy (non-hydrogen) atoms. The number of halogens is 2. The minimum absolute atomic E-state index is 0.0166. The Bertz CT molecular complexity index is 1880. The summed E-state index contributed by atoms with van der Waals surface area (Å²) in [7, 11) is 0. The topological polar surface area (TPSA) is 159 Å². The number of carbonyl (C=O) groups excluding carboxylic acids is 1. The predicted octanol–water partition coefficient (Wildman–Crippen LogP) is 4.95. The Morgan fingerprint density at radius 3 is 2.80 bits per heavy atom. The molecule has 0 unspecified atom stereocenters. The van der Waals surface area contributed by atoms with Crippen molar-refractivity contribution in [2.24, 2.45) is 5.10 Å². The number of anilines is 2. The molecular formula is C30H27BrClN9O4. The Morgan fingerprint density at radius 2 is 2.00 bits per heavy atom. The van der Waals surface area contributed by atoms with Crippen LogP contribution in [0.15, 0.2) is 74.9 Å². The van der Waals surface area contributed by atoms with Crippen LogP contribution in [0.2, 0.25) is 5.02 Å². The Kier molecular flexibility index (Phi) is 8.93. The Balaban J connectivity index is 1.21. The van der Waals surface area contributed by atoms with Crippen LogP contribution in [0.1, 0.15) is 39.8 Å². The van der Waals surface area contributed by atoms with Crippen molar-refractivity contribution in [2.45, 2.75) is 26.5 Å². The molecule has 1 amide bonds. The van der Waals surface area contributed by atoms with E-state index in [1.54, 1.807) is 12.1 Å². The maximum atomic E-state index is 13.4. The van der Waals surface area contributed by atoms with Gasteiger partial charge in [-0.05, 0) is 75.0 Å². The van der Waals surface area contributed by atoms with E-state index < -0.39 is 5.91 Å². The first-order chi connectivity index (χ1) is 21.9. The molecule has 0 aliphatic carbocycles. The van der Waals surface area contributed by atoms with E-state index in [4.69, 9.17) is 31.4 Å². The summed E-state index contributed by atoms with van der Waals surface area (Å²) in [6.07, 6.45) is 2.36. The van der Waals surface area contributed by atoms with Crippen molar-refractivity contribution in [2.75, 3.05) is 23.8 Å². The standard InChI is InChI=1S/C30H27BrClN9O4/c1-2-43-25-14-18(13-21(31)27(25)44-17-20-8-3-5-9-22(20)32)15-34-36-30(42)26-24(41(39-35-26)29-28(33)37-45-38-29)16-40-12-11-19-7-4-6-10-23(19)40/h3-10,13-15H,2,11-12,16-17H2,1H3,(H2,33,37)(H,36,42)/b34-15-. The number of nitrogen functional groups attached to an aromatic ring is 1. The molecule has 6 rings (SSSR count). The molecule has 0 fully saturated rings. The maximum Gasteiger partial charge on any atom is 0.293 e. The van der Waals surface area contributed by atoms with E-state index in [-0.39, 0.29) is 23.9 Å². The van der Waals surface area contributed by atoms with Gasteiger partial charge in [0.15, 0.2) is 17.2 Å². The lowest BCUT2D eigenvalue weighted by Crippen LogP contribution is -2.26. The number of nitrogens with zero attached hydrogens (tertiary/aromatic N) is 7. The number of aromatic nitrogens is 5. The van der Waals surface area contributed by atoms with Gasteiger partial charge in [-0.15, -0.1) is 5.10 Å². The highest BCUT2D eigenvalue weighted by atomic mass is 79.9. The highest BCUT2D eigenvalue weighted by Crippen LogP contribution is 2.37. The van der Waals surface area contributed by atoms with E-state index in [9.17, 15) is 4.79 Å². The predicted molar refractivity (Wildman–Crippen MR) is 171 cm³/mol. The third kappa shape index (κ3) is 6.47. The van der Waals surface area contributed by atoms with E-state index in [0.29, 0.717) is 45.4 Å².